The van der Waals surface area contributed by atoms with Gasteiger partial charge in [-0.2, -0.15) is 0 Å². The third-order valence-electron chi connectivity index (χ3n) is 1.79. The van der Waals surface area contributed by atoms with Crippen LogP contribution < -0.4 is 10.6 Å². The first-order chi connectivity index (χ1) is 6.20. The predicted octanol–water partition coefficient (Wildman–Crippen LogP) is -0.812. The Morgan fingerprint density at radius 3 is 3.15 bits per heavy atom. The summed E-state index contributed by atoms with van der Waals surface area (Å²) in [6.45, 7) is 3.71. The summed E-state index contributed by atoms with van der Waals surface area (Å²) in [5, 5.41) is 14.8. The fourth-order valence-electron chi connectivity index (χ4n) is 1.10. The van der Waals surface area contributed by atoms with Gasteiger partial charge in [-0.15, -0.1) is 11.8 Å². The van der Waals surface area contributed by atoms with Crippen LogP contribution in [0.3, 0.4) is 0 Å². The van der Waals surface area contributed by atoms with E-state index in [9.17, 15) is 4.79 Å². The number of carbonyl (C=O) groups excluding carboxylic acids is 1. The van der Waals surface area contributed by atoms with Crippen LogP contribution in [0.25, 0.3) is 0 Å². The van der Waals surface area contributed by atoms with E-state index >= 15 is 0 Å². The third kappa shape index (κ3) is 3.97. The maximum absolute atomic E-state index is 11.4. The van der Waals surface area contributed by atoms with Gasteiger partial charge in [-0.1, -0.05) is 0 Å². The Labute approximate surface area is 82.5 Å². The first kappa shape index (κ1) is 10.8. The van der Waals surface area contributed by atoms with Crippen LogP contribution >= 0.6 is 11.8 Å². The second-order valence-electron chi connectivity index (χ2n) is 3.16. The van der Waals surface area contributed by atoms with Crippen molar-refractivity contribution in [1.82, 2.24) is 10.6 Å². The quantitative estimate of drug-likeness (QED) is 0.562. The van der Waals surface area contributed by atoms with Crippen molar-refractivity contribution in [2.45, 2.75) is 18.3 Å². The number of aliphatic hydroxyl groups excluding tert-OH is 1. The highest BCUT2D eigenvalue weighted by Gasteiger charge is 2.21. The van der Waals surface area contributed by atoms with Crippen LogP contribution in [0.4, 0.5) is 0 Å². The molecule has 76 valence electrons. The molecular weight excluding hydrogens is 188 g/mol. The number of aliphatic hydroxyl groups is 1. The van der Waals surface area contributed by atoms with E-state index < -0.39 is 6.10 Å². The number of rotatable bonds is 3. The number of hydrogen-bond donors (Lipinski definition) is 3. The summed E-state index contributed by atoms with van der Waals surface area (Å²) in [5.74, 6) is 1.00. The first-order valence-electron chi connectivity index (χ1n) is 4.48. The van der Waals surface area contributed by atoms with Crippen LogP contribution in [-0.4, -0.2) is 47.8 Å². The zero-order valence-corrected chi connectivity index (χ0v) is 8.56. The Bertz CT molecular complexity index is 170. The molecular formula is C8H16N2O2S. The molecule has 5 heteroatoms. The van der Waals surface area contributed by atoms with Crippen LogP contribution in [0.5, 0.6) is 0 Å². The molecule has 1 aliphatic rings. The Hall–Kier alpha value is -0.260. The Balaban J connectivity index is 2.21. The maximum atomic E-state index is 11.4. The van der Waals surface area contributed by atoms with Gasteiger partial charge in [0.2, 0.25) is 5.91 Å². The maximum Gasteiger partial charge on any atom is 0.234 e. The Morgan fingerprint density at radius 1 is 1.85 bits per heavy atom. The van der Waals surface area contributed by atoms with Crippen molar-refractivity contribution >= 4 is 17.7 Å². The zero-order chi connectivity index (χ0) is 9.68. The molecule has 13 heavy (non-hydrogen) atoms. The van der Waals surface area contributed by atoms with Crippen LogP contribution in [0.2, 0.25) is 0 Å². The van der Waals surface area contributed by atoms with Crippen LogP contribution in [0, 0.1) is 0 Å². The molecule has 3 N–H and O–H groups in total. The third-order valence-corrected chi connectivity index (χ3v) is 3.01. The summed E-state index contributed by atoms with van der Waals surface area (Å²) in [7, 11) is 0. The summed E-state index contributed by atoms with van der Waals surface area (Å²) in [5.41, 5.74) is 0. The highest BCUT2D eigenvalue weighted by molar-refractivity contribution is 8.00. The molecule has 2 atom stereocenters. The molecule has 4 nitrogen and oxygen atoms in total. The largest absolute Gasteiger partial charge is 0.392 e. The van der Waals surface area contributed by atoms with Gasteiger partial charge in [0.15, 0.2) is 0 Å². The van der Waals surface area contributed by atoms with Crippen molar-refractivity contribution in [2.75, 3.05) is 25.4 Å². The topological polar surface area (TPSA) is 61.4 Å². The molecule has 0 aliphatic carbocycles. The lowest BCUT2D eigenvalue weighted by atomic mass is 10.3. The molecule has 1 heterocycles. The molecule has 1 saturated heterocycles. The van der Waals surface area contributed by atoms with E-state index in [2.05, 4.69) is 10.6 Å². The molecule has 0 aromatic rings. The van der Waals surface area contributed by atoms with Crippen molar-refractivity contribution in [3.8, 4) is 0 Å². The minimum atomic E-state index is -0.467. The van der Waals surface area contributed by atoms with E-state index in [4.69, 9.17) is 5.11 Å². The molecule has 1 fully saturated rings. The molecule has 0 aromatic carbocycles. The van der Waals surface area contributed by atoms with Crippen molar-refractivity contribution in [3.05, 3.63) is 0 Å². The van der Waals surface area contributed by atoms with Crippen molar-refractivity contribution in [2.24, 2.45) is 0 Å². The minimum Gasteiger partial charge on any atom is -0.392 e. The van der Waals surface area contributed by atoms with Crippen molar-refractivity contribution in [3.63, 3.8) is 0 Å². The summed E-state index contributed by atoms with van der Waals surface area (Å²) in [6.07, 6.45) is -0.467. The summed E-state index contributed by atoms with van der Waals surface area (Å²) >= 11 is 1.67. The van der Waals surface area contributed by atoms with E-state index in [0.29, 0.717) is 6.54 Å². The molecule has 0 radical (unpaired) electrons. The van der Waals surface area contributed by atoms with Gasteiger partial charge in [0.05, 0.1) is 11.4 Å². The van der Waals surface area contributed by atoms with Crippen LogP contribution in [-0.2, 0) is 4.79 Å². The number of amides is 1. The summed E-state index contributed by atoms with van der Waals surface area (Å²) in [4.78, 5) is 11.4. The standard InChI is InChI=1S/C8H16N2O2S/c1-6(11)4-10-8(12)7-5-9-2-3-13-7/h6-7,9,11H,2-5H2,1H3,(H,10,12). The van der Waals surface area contributed by atoms with Gasteiger partial charge in [-0.25, -0.2) is 0 Å². The fraction of sp³-hybridized carbons (Fsp3) is 0.875. The SMILES string of the molecule is CC(O)CNC(=O)C1CNCCS1. The molecule has 0 spiro atoms. The highest BCUT2D eigenvalue weighted by Crippen LogP contribution is 2.12. The first-order valence-corrected chi connectivity index (χ1v) is 5.53. The molecule has 1 aliphatic heterocycles. The lowest BCUT2D eigenvalue weighted by Crippen LogP contribution is -2.44. The van der Waals surface area contributed by atoms with E-state index in [1.54, 1.807) is 18.7 Å². The average molecular weight is 204 g/mol. The number of hydrogen-bond acceptors (Lipinski definition) is 4. The molecule has 1 amide bonds. The zero-order valence-electron chi connectivity index (χ0n) is 7.75. The summed E-state index contributed by atoms with van der Waals surface area (Å²) in [6, 6.07) is 0. The normalized spacial score (nSPS) is 25.2. The second-order valence-corrected chi connectivity index (χ2v) is 4.47. The lowest BCUT2D eigenvalue weighted by molar-refractivity contribution is -0.120. The van der Waals surface area contributed by atoms with Gasteiger partial charge < -0.3 is 15.7 Å². The number of carbonyl (C=O) groups is 1. The van der Waals surface area contributed by atoms with Crippen molar-refractivity contribution in [1.29, 1.82) is 0 Å². The predicted molar refractivity (Wildman–Crippen MR) is 53.8 cm³/mol. The molecule has 0 saturated carbocycles. The molecule has 0 aromatic heterocycles. The lowest BCUT2D eigenvalue weighted by Gasteiger charge is -2.21. The Kier molecular flexibility index (Phi) is 4.55. The smallest absolute Gasteiger partial charge is 0.234 e. The summed E-state index contributed by atoms with van der Waals surface area (Å²) < 4.78 is 0. The molecule has 0 bridgehead atoms. The van der Waals surface area contributed by atoms with E-state index in [0.717, 1.165) is 18.8 Å². The Morgan fingerprint density at radius 2 is 2.62 bits per heavy atom. The van der Waals surface area contributed by atoms with Gasteiger partial charge in [0.1, 0.15) is 0 Å². The van der Waals surface area contributed by atoms with Gasteiger partial charge >= 0.3 is 0 Å². The number of nitrogens with one attached hydrogen (secondary N) is 2. The van der Waals surface area contributed by atoms with Crippen LogP contribution in [0.1, 0.15) is 6.92 Å². The average Bonchev–Trinajstić information content (AvgIpc) is 2.15. The van der Waals surface area contributed by atoms with Gasteiger partial charge in [0.25, 0.3) is 0 Å². The second kappa shape index (κ2) is 5.47. The monoisotopic (exact) mass is 204 g/mol. The highest BCUT2D eigenvalue weighted by atomic mass is 32.2. The van der Waals surface area contributed by atoms with E-state index in [1.807, 2.05) is 0 Å². The van der Waals surface area contributed by atoms with Crippen molar-refractivity contribution < 1.29 is 9.90 Å². The van der Waals surface area contributed by atoms with E-state index in [1.165, 1.54) is 0 Å². The van der Waals surface area contributed by atoms with Gasteiger partial charge in [-0.05, 0) is 6.92 Å². The molecule has 2 unspecified atom stereocenters. The molecule has 1 rings (SSSR count). The number of thioether (sulfide) groups is 1. The minimum absolute atomic E-state index is 0.00694. The van der Waals surface area contributed by atoms with Gasteiger partial charge in [0, 0.05) is 25.4 Å². The fourth-order valence-corrected chi connectivity index (χ4v) is 2.11. The van der Waals surface area contributed by atoms with Crippen LogP contribution in [0.15, 0.2) is 0 Å². The van der Waals surface area contributed by atoms with Gasteiger partial charge in [-0.3, -0.25) is 4.79 Å². The van der Waals surface area contributed by atoms with E-state index in [-0.39, 0.29) is 11.2 Å².